The van der Waals surface area contributed by atoms with Crippen LogP contribution in [0.3, 0.4) is 0 Å². The van der Waals surface area contributed by atoms with Crippen molar-refractivity contribution in [1.82, 2.24) is 10.2 Å². The third-order valence-electron chi connectivity index (χ3n) is 5.19. The minimum Gasteiger partial charge on any atom is -0.492 e. The van der Waals surface area contributed by atoms with Crippen LogP contribution in [0, 0.1) is 0 Å². The molecule has 2 aromatic rings. The molecule has 0 aromatic heterocycles. The van der Waals surface area contributed by atoms with Gasteiger partial charge in [-0.3, -0.25) is 9.69 Å². The van der Waals surface area contributed by atoms with Crippen molar-refractivity contribution in [3.8, 4) is 5.75 Å². The predicted molar refractivity (Wildman–Crippen MR) is 115 cm³/mol. The number of carbonyl (C=O) groups is 1. The van der Waals surface area contributed by atoms with E-state index in [1.165, 1.54) is 5.56 Å². The van der Waals surface area contributed by atoms with Gasteiger partial charge in [0.25, 0.3) is 0 Å². The smallest absolute Gasteiger partial charge is 0.220 e. The zero-order valence-corrected chi connectivity index (χ0v) is 17.4. The molecule has 0 radical (unpaired) electrons. The summed E-state index contributed by atoms with van der Waals surface area (Å²) < 4.78 is 5.63. The maximum absolute atomic E-state index is 12.2. The first-order chi connectivity index (χ1) is 14.1. The van der Waals surface area contributed by atoms with Gasteiger partial charge in [-0.1, -0.05) is 48.0 Å². The Bertz CT molecular complexity index is 791. The van der Waals surface area contributed by atoms with Crippen molar-refractivity contribution < 1.29 is 14.6 Å². The SMILES string of the molecule is O=C(CCCOc1ccccc1Cl)NCc1ccccc1CN1CCC(O)CC1. The van der Waals surface area contributed by atoms with Crippen LogP contribution in [-0.2, 0) is 17.9 Å². The van der Waals surface area contributed by atoms with E-state index in [0.29, 0.717) is 36.8 Å². The monoisotopic (exact) mass is 416 g/mol. The molecule has 0 spiro atoms. The van der Waals surface area contributed by atoms with Gasteiger partial charge in [-0.15, -0.1) is 0 Å². The van der Waals surface area contributed by atoms with Crippen LogP contribution in [0.5, 0.6) is 5.75 Å². The quantitative estimate of drug-likeness (QED) is 0.611. The molecule has 1 fully saturated rings. The van der Waals surface area contributed by atoms with Crippen LogP contribution < -0.4 is 10.1 Å². The van der Waals surface area contributed by atoms with E-state index in [2.05, 4.69) is 22.3 Å². The second kappa shape index (κ2) is 11.2. The number of piperidine rings is 1. The van der Waals surface area contributed by atoms with Gasteiger partial charge in [0.1, 0.15) is 5.75 Å². The standard InChI is InChI=1S/C23H29ClN2O3/c24-21-8-3-4-9-22(21)29-15-5-10-23(28)25-16-18-6-1-2-7-19(18)17-26-13-11-20(27)12-14-26/h1-4,6-9,20,27H,5,10-17H2,(H,25,28). The summed E-state index contributed by atoms with van der Waals surface area (Å²) in [6, 6.07) is 15.6. The van der Waals surface area contributed by atoms with E-state index in [9.17, 15) is 9.90 Å². The van der Waals surface area contributed by atoms with Crippen molar-refractivity contribution in [3.63, 3.8) is 0 Å². The van der Waals surface area contributed by atoms with Crippen LogP contribution in [0.4, 0.5) is 0 Å². The fourth-order valence-electron chi connectivity index (χ4n) is 3.46. The first-order valence-electron chi connectivity index (χ1n) is 10.2. The summed E-state index contributed by atoms with van der Waals surface area (Å²) in [5, 5.41) is 13.3. The molecule has 0 saturated carbocycles. The lowest BCUT2D eigenvalue weighted by Gasteiger charge is -2.30. The van der Waals surface area contributed by atoms with Crippen LogP contribution in [0.1, 0.15) is 36.8 Å². The van der Waals surface area contributed by atoms with E-state index in [0.717, 1.165) is 38.0 Å². The van der Waals surface area contributed by atoms with Gasteiger partial charge in [-0.25, -0.2) is 0 Å². The summed E-state index contributed by atoms with van der Waals surface area (Å²) in [5.74, 6) is 0.664. The van der Waals surface area contributed by atoms with Crippen LogP contribution in [0.25, 0.3) is 0 Å². The molecule has 156 valence electrons. The zero-order chi connectivity index (χ0) is 20.5. The molecule has 3 rings (SSSR count). The van der Waals surface area contributed by atoms with Gasteiger partial charge >= 0.3 is 0 Å². The molecular formula is C23H29ClN2O3. The molecule has 2 aromatic carbocycles. The third kappa shape index (κ3) is 7.03. The first-order valence-corrected chi connectivity index (χ1v) is 10.6. The van der Waals surface area contributed by atoms with Crippen LogP contribution in [0.15, 0.2) is 48.5 Å². The number of ether oxygens (including phenoxy) is 1. The highest BCUT2D eigenvalue weighted by Gasteiger charge is 2.17. The Morgan fingerprint density at radius 1 is 1.10 bits per heavy atom. The Balaban J connectivity index is 1.40. The second-order valence-corrected chi connectivity index (χ2v) is 7.84. The molecule has 0 bridgehead atoms. The minimum atomic E-state index is -0.164. The fourth-order valence-corrected chi connectivity index (χ4v) is 3.65. The molecule has 6 heteroatoms. The lowest BCUT2D eigenvalue weighted by molar-refractivity contribution is -0.121. The maximum Gasteiger partial charge on any atom is 0.220 e. The highest BCUT2D eigenvalue weighted by atomic mass is 35.5. The molecular weight excluding hydrogens is 388 g/mol. The Labute approximate surface area is 177 Å². The first kappa shape index (κ1) is 21.6. The van der Waals surface area contributed by atoms with Gasteiger partial charge in [0, 0.05) is 32.6 Å². The van der Waals surface area contributed by atoms with E-state index >= 15 is 0 Å². The number of halogens is 1. The van der Waals surface area contributed by atoms with E-state index in [1.807, 2.05) is 30.3 Å². The molecule has 29 heavy (non-hydrogen) atoms. The van der Waals surface area contributed by atoms with Crippen LogP contribution in [-0.4, -0.2) is 41.7 Å². The molecule has 0 aliphatic carbocycles. The number of hydrogen-bond donors (Lipinski definition) is 2. The van der Waals surface area contributed by atoms with Gasteiger partial charge < -0.3 is 15.2 Å². The predicted octanol–water partition coefficient (Wildman–Crippen LogP) is 3.77. The number of amides is 1. The topological polar surface area (TPSA) is 61.8 Å². The fraction of sp³-hybridized carbons (Fsp3) is 0.435. The van der Waals surface area contributed by atoms with Crippen molar-refractivity contribution >= 4 is 17.5 Å². The zero-order valence-electron chi connectivity index (χ0n) is 16.6. The van der Waals surface area contributed by atoms with Gasteiger partial charge in [-0.2, -0.15) is 0 Å². The molecule has 1 heterocycles. The highest BCUT2D eigenvalue weighted by Crippen LogP contribution is 2.23. The molecule has 5 nitrogen and oxygen atoms in total. The number of nitrogens with one attached hydrogen (secondary N) is 1. The largest absolute Gasteiger partial charge is 0.492 e. The van der Waals surface area contributed by atoms with Crippen LogP contribution in [0.2, 0.25) is 5.02 Å². The molecule has 1 saturated heterocycles. The number of hydrogen-bond acceptors (Lipinski definition) is 4. The normalized spacial score (nSPS) is 15.2. The van der Waals surface area contributed by atoms with Crippen molar-refractivity contribution in [2.45, 2.75) is 44.9 Å². The Morgan fingerprint density at radius 3 is 2.55 bits per heavy atom. The summed E-state index contributed by atoms with van der Waals surface area (Å²) in [4.78, 5) is 14.6. The second-order valence-electron chi connectivity index (χ2n) is 7.44. The number of aliphatic hydroxyl groups excluding tert-OH is 1. The molecule has 1 aliphatic heterocycles. The third-order valence-corrected chi connectivity index (χ3v) is 5.50. The van der Waals surface area contributed by atoms with E-state index < -0.39 is 0 Å². The number of aliphatic hydroxyl groups is 1. The molecule has 1 amide bonds. The number of nitrogens with zero attached hydrogens (tertiary/aromatic N) is 1. The van der Waals surface area contributed by atoms with Crippen molar-refractivity contribution in [2.24, 2.45) is 0 Å². The number of benzene rings is 2. The van der Waals surface area contributed by atoms with Gasteiger partial charge in [0.05, 0.1) is 17.7 Å². The average Bonchev–Trinajstić information content (AvgIpc) is 2.73. The summed E-state index contributed by atoms with van der Waals surface area (Å²) >= 11 is 6.05. The molecule has 1 aliphatic rings. The van der Waals surface area contributed by atoms with E-state index in [-0.39, 0.29) is 12.0 Å². The van der Waals surface area contributed by atoms with Gasteiger partial charge in [0.2, 0.25) is 5.91 Å². The van der Waals surface area contributed by atoms with Crippen molar-refractivity contribution in [2.75, 3.05) is 19.7 Å². The molecule has 0 unspecified atom stereocenters. The molecule has 0 atom stereocenters. The Hall–Kier alpha value is -2.08. The summed E-state index contributed by atoms with van der Waals surface area (Å²) in [6.45, 7) is 3.65. The average molecular weight is 417 g/mol. The van der Waals surface area contributed by atoms with E-state index in [4.69, 9.17) is 16.3 Å². The Kier molecular flexibility index (Phi) is 8.35. The highest BCUT2D eigenvalue weighted by molar-refractivity contribution is 6.32. The van der Waals surface area contributed by atoms with E-state index in [1.54, 1.807) is 6.07 Å². The summed E-state index contributed by atoms with van der Waals surface area (Å²) in [5.41, 5.74) is 2.37. The minimum absolute atomic E-state index is 0.0173. The molecule has 2 N–H and O–H groups in total. The Morgan fingerprint density at radius 2 is 1.79 bits per heavy atom. The number of para-hydroxylation sites is 1. The number of rotatable bonds is 9. The lowest BCUT2D eigenvalue weighted by atomic mass is 10.0. The summed E-state index contributed by atoms with van der Waals surface area (Å²) in [7, 11) is 0. The lowest BCUT2D eigenvalue weighted by Crippen LogP contribution is -2.35. The number of likely N-dealkylation sites (tertiary alicyclic amines) is 1. The maximum atomic E-state index is 12.2. The van der Waals surface area contributed by atoms with Crippen LogP contribution >= 0.6 is 11.6 Å². The summed E-state index contributed by atoms with van der Waals surface area (Å²) in [6.07, 6.45) is 2.54. The van der Waals surface area contributed by atoms with Crippen molar-refractivity contribution in [3.05, 3.63) is 64.7 Å². The van der Waals surface area contributed by atoms with Gasteiger partial charge in [0.15, 0.2) is 0 Å². The van der Waals surface area contributed by atoms with Gasteiger partial charge in [-0.05, 0) is 42.5 Å². The number of carbonyl (C=O) groups excluding carboxylic acids is 1. The van der Waals surface area contributed by atoms with Crippen molar-refractivity contribution in [1.29, 1.82) is 0 Å².